The Balaban J connectivity index is 2.26. The van der Waals surface area contributed by atoms with Crippen LogP contribution in [0.3, 0.4) is 0 Å². The minimum absolute atomic E-state index is 0.0723. The summed E-state index contributed by atoms with van der Waals surface area (Å²) in [4.78, 5) is 19.2. The minimum Gasteiger partial charge on any atom is -0.481 e. The second kappa shape index (κ2) is 4.18. The maximum Gasteiger partial charge on any atom is 0.313 e. The number of thioether (sulfide) groups is 1. The van der Waals surface area contributed by atoms with E-state index in [2.05, 4.69) is 9.97 Å². The van der Waals surface area contributed by atoms with Gasteiger partial charge in [-0.3, -0.25) is 4.79 Å². The Kier molecular flexibility index (Phi) is 2.90. The van der Waals surface area contributed by atoms with Gasteiger partial charge in [-0.1, -0.05) is 11.8 Å². The zero-order valence-electron chi connectivity index (χ0n) is 8.49. The second-order valence-corrected chi connectivity index (χ2v) is 4.50. The first-order valence-corrected chi connectivity index (χ1v) is 5.86. The average Bonchev–Trinajstić information content (AvgIpc) is 2.61. The number of aliphatic carboxylic acids is 1. The second-order valence-electron chi connectivity index (χ2n) is 3.54. The number of hydrogen-bond acceptors (Lipinski definition) is 4. The van der Waals surface area contributed by atoms with E-state index < -0.39 is 5.97 Å². The summed E-state index contributed by atoms with van der Waals surface area (Å²) >= 11 is 1.30. The SMILES string of the molecule is Cc1nc2c(c(SCC(=O)O)n1)CCC2. The molecule has 0 atom stereocenters. The highest BCUT2D eigenvalue weighted by molar-refractivity contribution is 7.99. The van der Waals surface area contributed by atoms with Gasteiger partial charge in [0.15, 0.2) is 0 Å². The molecule has 1 aromatic rings. The van der Waals surface area contributed by atoms with Crippen LogP contribution < -0.4 is 0 Å². The third-order valence-electron chi connectivity index (χ3n) is 2.34. The number of aromatic nitrogens is 2. The first-order valence-electron chi connectivity index (χ1n) is 4.88. The molecule has 1 aliphatic carbocycles. The van der Waals surface area contributed by atoms with Crippen LogP contribution in [0.25, 0.3) is 0 Å². The van der Waals surface area contributed by atoms with Crippen molar-refractivity contribution in [3.63, 3.8) is 0 Å². The Bertz CT molecular complexity index is 407. The molecule has 5 heteroatoms. The van der Waals surface area contributed by atoms with Gasteiger partial charge in [-0.25, -0.2) is 9.97 Å². The van der Waals surface area contributed by atoms with Crippen molar-refractivity contribution in [1.82, 2.24) is 9.97 Å². The van der Waals surface area contributed by atoms with Crippen LogP contribution in [0.4, 0.5) is 0 Å². The quantitative estimate of drug-likeness (QED) is 0.622. The molecular weight excluding hydrogens is 212 g/mol. The standard InChI is InChI=1S/C10H12N2O2S/c1-6-11-8-4-2-3-7(8)10(12-6)15-5-9(13)14/h2-5H2,1H3,(H,13,14). The van der Waals surface area contributed by atoms with Gasteiger partial charge in [0.25, 0.3) is 0 Å². The molecule has 1 aliphatic rings. The molecule has 0 amide bonds. The number of fused-ring (bicyclic) bond motifs is 1. The molecule has 0 unspecified atom stereocenters. The molecule has 0 saturated carbocycles. The van der Waals surface area contributed by atoms with E-state index in [1.807, 2.05) is 6.92 Å². The molecule has 0 fully saturated rings. The summed E-state index contributed by atoms with van der Waals surface area (Å²) in [6.45, 7) is 1.85. The van der Waals surface area contributed by atoms with Gasteiger partial charge >= 0.3 is 5.97 Å². The van der Waals surface area contributed by atoms with Crippen molar-refractivity contribution < 1.29 is 9.90 Å². The number of carbonyl (C=O) groups is 1. The van der Waals surface area contributed by atoms with Gasteiger partial charge in [-0.2, -0.15) is 0 Å². The topological polar surface area (TPSA) is 63.1 Å². The van der Waals surface area contributed by atoms with Crippen LogP contribution in [0.1, 0.15) is 23.5 Å². The molecule has 0 radical (unpaired) electrons. The average molecular weight is 224 g/mol. The molecule has 4 nitrogen and oxygen atoms in total. The number of carboxylic acid groups (broad SMARTS) is 1. The van der Waals surface area contributed by atoms with E-state index in [0.717, 1.165) is 41.4 Å². The van der Waals surface area contributed by atoms with E-state index in [1.165, 1.54) is 11.8 Å². The smallest absolute Gasteiger partial charge is 0.313 e. The highest BCUT2D eigenvalue weighted by Crippen LogP contribution is 2.29. The van der Waals surface area contributed by atoms with Gasteiger partial charge in [0.2, 0.25) is 0 Å². The first-order chi connectivity index (χ1) is 7.16. The summed E-state index contributed by atoms with van der Waals surface area (Å²) in [5.74, 6) is 0.00894. The zero-order valence-corrected chi connectivity index (χ0v) is 9.30. The van der Waals surface area contributed by atoms with Gasteiger partial charge in [0.05, 0.1) is 5.75 Å². The van der Waals surface area contributed by atoms with Gasteiger partial charge in [-0.15, -0.1) is 0 Å². The fourth-order valence-corrected chi connectivity index (χ4v) is 2.62. The predicted molar refractivity (Wildman–Crippen MR) is 57.2 cm³/mol. The summed E-state index contributed by atoms with van der Waals surface area (Å²) in [6, 6.07) is 0. The van der Waals surface area contributed by atoms with Crippen LogP contribution in [0, 0.1) is 6.92 Å². The highest BCUT2D eigenvalue weighted by Gasteiger charge is 2.18. The lowest BCUT2D eigenvalue weighted by atomic mass is 10.3. The van der Waals surface area contributed by atoms with Crippen molar-refractivity contribution in [2.24, 2.45) is 0 Å². The van der Waals surface area contributed by atoms with Crippen LogP contribution in [0.15, 0.2) is 5.03 Å². The van der Waals surface area contributed by atoms with Gasteiger partial charge in [0, 0.05) is 11.3 Å². The van der Waals surface area contributed by atoms with E-state index in [9.17, 15) is 4.79 Å². The highest BCUT2D eigenvalue weighted by atomic mass is 32.2. The van der Waals surface area contributed by atoms with Crippen molar-refractivity contribution >= 4 is 17.7 Å². The largest absolute Gasteiger partial charge is 0.481 e. The summed E-state index contributed by atoms with van der Waals surface area (Å²) in [5, 5.41) is 9.49. The molecule has 1 N–H and O–H groups in total. The molecule has 2 rings (SSSR count). The summed E-state index contributed by atoms with van der Waals surface area (Å²) < 4.78 is 0. The Morgan fingerprint density at radius 2 is 2.27 bits per heavy atom. The fourth-order valence-electron chi connectivity index (χ4n) is 1.77. The van der Waals surface area contributed by atoms with Crippen LogP contribution >= 0.6 is 11.8 Å². The molecule has 0 aromatic carbocycles. The number of hydrogen-bond donors (Lipinski definition) is 1. The fraction of sp³-hybridized carbons (Fsp3) is 0.500. The lowest BCUT2D eigenvalue weighted by molar-refractivity contribution is -0.133. The van der Waals surface area contributed by atoms with Crippen LogP contribution in [0.5, 0.6) is 0 Å². The molecule has 0 bridgehead atoms. The van der Waals surface area contributed by atoms with Crippen molar-refractivity contribution in [1.29, 1.82) is 0 Å². The van der Waals surface area contributed by atoms with Crippen molar-refractivity contribution in [2.45, 2.75) is 31.2 Å². The lowest BCUT2D eigenvalue weighted by Gasteiger charge is -2.06. The Morgan fingerprint density at radius 1 is 1.47 bits per heavy atom. The maximum absolute atomic E-state index is 10.5. The van der Waals surface area contributed by atoms with Crippen molar-refractivity contribution in [3.05, 3.63) is 17.1 Å². The van der Waals surface area contributed by atoms with Crippen molar-refractivity contribution in [3.8, 4) is 0 Å². The van der Waals surface area contributed by atoms with Crippen molar-refractivity contribution in [2.75, 3.05) is 5.75 Å². The first kappa shape index (κ1) is 10.4. The molecule has 80 valence electrons. The third kappa shape index (κ3) is 2.28. The molecular formula is C10H12N2O2S. The third-order valence-corrected chi connectivity index (χ3v) is 3.34. The van der Waals surface area contributed by atoms with E-state index in [0.29, 0.717) is 0 Å². The monoisotopic (exact) mass is 224 g/mol. The summed E-state index contributed by atoms with van der Waals surface area (Å²) in [6.07, 6.45) is 3.09. The van der Waals surface area contributed by atoms with Crippen LogP contribution in [-0.2, 0) is 17.6 Å². The van der Waals surface area contributed by atoms with E-state index in [-0.39, 0.29) is 5.75 Å². The normalized spacial score (nSPS) is 13.9. The lowest BCUT2D eigenvalue weighted by Crippen LogP contribution is -2.03. The number of carboxylic acids is 1. The summed E-state index contributed by atoms with van der Waals surface area (Å²) in [7, 11) is 0. The molecule has 0 aliphatic heterocycles. The Hall–Kier alpha value is -1.10. The molecule has 0 saturated heterocycles. The molecule has 15 heavy (non-hydrogen) atoms. The number of nitrogens with zero attached hydrogens (tertiary/aromatic N) is 2. The molecule has 1 aromatic heterocycles. The Morgan fingerprint density at radius 3 is 3.00 bits per heavy atom. The van der Waals surface area contributed by atoms with E-state index in [1.54, 1.807) is 0 Å². The van der Waals surface area contributed by atoms with Gasteiger partial charge in [-0.05, 0) is 26.2 Å². The minimum atomic E-state index is -0.803. The Labute approximate surface area is 92.1 Å². The number of rotatable bonds is 3. The molecule has 1 heterocycles. The molecule has 0 spiro atoms. The predicted octanol–water partition coefficient (Wildman–Crippen LogP) is 1.45. The van der Waals surface area contributed by atoms with E-state index >= 15 is 0 Å². The number of aryl methyl sites for hydroxylation is 2. The zero-order chi connectivity index (χ0) is 10.8. The van der Waals surface area contributed by atoms with E-state index in [4.69, 9.17) is 5.11 Å². The maximum atomic E-state index is 10.5. The van der Waals surface area contributed by atoms with Gasteiger partial charge in [0.1, 0.15) is 10.9 Å². The summed E-state index contributed by atoms with van der Waals surface area (Å²) in [5.41, 5.74) is 2.27. The van der Waals surface area contributed by atoms with Crippen LogP contribution in [-0.4, -0.2) is 26.8 Å². The van der Waals surface area contributed by atoms with Gasteiger partial charge < -0.3 is 5.11 Å². The van der Waals surface area contributed by atoms with Crippen LogP contribution in [0.2, 0.25) is 0 Å².